The predicted octanol–water partition coefficient (Wildman–Crippen LogP) is 4.82. The van der Waals surface area contributed by atoms with E-state index in [1.165, 1.54) is 16.2 Å². The van der Waals surface area contributed by atoms with E-state index in [0.29, 0.717) is 10.7 Å². The zero-order valence-corrected chi connectivity index (χ0v) is 14.9. The molecular formula is C18H14N4OS2. The number of thiazole rings is 1. The second-order valence-corrected chi connectivity index (χ2v) is 7.75. The van der Waals surface area contributed by atoms with Gasteiger partial charge in [-0.2, -0.15) is 5.10 Å². The molecule has 124 valence electrons. The summed E-state index contributed by atoms with van der Waals surface area (Å²) in [6.07, 6.45) is 1.60. The molecule has 0 spiro atoms. The fourth-order valence-corrected chi connectivity index (χ4v) is 4.01. The Labute approximate surface area is 152 Å². The number of benzene rings is 1. The Kier molecular flexibility index (Phi) is 4.17. The number of anilines is 1. The van der Waals surface area contributed by atoms with Gasteiger partial charge in [-0.3, -0.25) is 9.89 Å². The van der Waals surface area contributed by atoms with E-state index in [-0.39, 0.29) is 5.91 Å². The standard InChI is InChI=1S/C18H14N4OS2/c1-11-7-8-14(24-11)13-9-16(22-21-13)20-17(23)15-10-19-18(25-15)12-5-3-2-4-6-12/h2-10H,1H3,(H2,20,21,22,23). The second kappa shape index (κ2) is 6.62. The number of aryl methyl sites for hydroxylation is 1. The number of carbonyl (C=O) groups excluding carboxylic acids is 1. The summed E-state index contributed by atoms with van der Waals surface area (Å²) in [5.41, 5.74) is 1.89. The number of rotatable bonds is 4. The van der Waals surface area contributed by atoms with Crippen molar-refractivity contribution in [3.63, 3.8) is 0 Å². The molecule has 2 N–H and O–H groups in total. The fraction of sp³-hybridized carbons (Fsp3) is 0.0556. The first-order valence-corrected chi connectivity index (χ1v) is 9.27. The molecule has 0 aliphatic carbocycles. The molecule has 3 heterocycles. The van der Waals surface area contributed by atoms with Crippen LogP contribution >= 0.6 is 22.7 Å². The number of thiophene rings is 1. The molecule has 4 aromatic rings. The van der Waals surface area contributed by atoms with Crippen LogP contribution in [0.2, 0.25) is 0 Å². The molecule has 0 atom stereocenters. The van der Waals surface area contributed by atoms with Gasteiger partial charge in [-0.15, -0.1) is 22.7 Å². The number of aromatic amines is 1. The van der Waals surface area contributed by atoms with Gasteiger partial charge in [0.2, 0.25) is 0 Å². The first kappa shape index (κ1) is 15.7. The lowest BCUT2D eigenvalue weighted by molar-refractivity contribution is 0.103. The van der Waals surface area contributed by atoms with Crippen molar-refractivity contribution in [2.75, 3.05) is 5.32 Å². The van der Waals surface area contributed by atoms with Gasteiger partial charge in [-0.05, 0) is 19.1 Å². The number of nitrogens with zero attached hydrogens (tertiary/aromatic N) is 2. The molecule has 0 saturated carbocycles. The highest BCUT2D eigenvalue weighted by Gasteiger charge is 2.14. The average molecular weight is 366 g/mol. The lowest BCUT2D eigenvalue weighted by atomic mass is 10.2. The van der Waals surface area contributed by atoms with Crippen LogP contribution in [0.15, 0.2) is 54.7 Å². The van der Waals surface area contributed by atoms with Gasteiger partial charge in [0.1, 0.15) is 9.88 Å². The number of H-pyrrole nitrogens is 1. The van der Waals surface area contributed by atoms with Gasteiger partial charge in [-0.25, -0.2) is 4.98 Å². The third-order valence-corrected chi connectivity index (χ3v) is 5.65. The second-order valence-electron chi connectivity index (χ2n) is 5.43. The summed E-state index contributed by atoms with van der Waals surface area (Å²) in [5, 5.41) is 10.8. The number of amides is 1. The molecule has 7 heteroatoms. The number of aromatic nitrogens is 3. The van der Waals surface area contributed by atoms with E-state index in [1.807, 2.05) is 42.5 Å². The Morgan fingerprint density at radius 3 is 2.72 bits per heavy atom. The topological polar surface area (TPSA) is 70.7 Å². The van der Waals surface area contributed by atoms with Crippen molar-refractivity contribution in [2.45, 2.75) is 6.92 Å². The maximum Gasteiger partial charge on any atom is 0.268 e. The van der Waals surface area contributed by atoms with E-state index in [2.05, 4.69) is 33.5 Å². The van der Waals surface area contributed by atoms with E-state index < -0.39 is 0 Å². The lowest BCUT2D eigenvalue weighted by Crippen LogP contribution is -2.10. The van der Waals surface area contributed by atoms with Crippen molar-refractivity contribution in [2.24, 2.45) is 0 Å². The summed E-state index contributed by atoms with van der Waals surface area (Å²) in [4.78, 5) is 19.6. The molecule has 3 aromatic heterocycles. The molecule has 5 nitrogen and oxygen atoms in total. The third kappa shape index (κ3) is 3.38. The minimum atomic E-state index is -0.208. The number of carbonyl (C=O) groups is 1. The van der Waals surface area contributed by atoms with Crippen molar-refractivity contribution < 1.29 is 4.79 Å². The van der Waals surface area contributed by atoms with Crippen molar-refractivity contribution in [1.29, 1.82) is 0 Å². The molecule has 0 radical (unpaired) electrons. The minimum Gasteiger partial charge on any atom is -0.304 e. The molecule has 1 aromatic carbocycles. The normalized spacial score (nSPS) is 10.8. The van der Waals surface area contributed by atoms with Gasteiger partial charge in [0.15, 0.2) is 5.82 Å². The molecule has 0 bridgehead atoms. The molecule has 0 fully saturated rings. The van der Waals surface area contributed by atoms with E-state index in [1.54, 1.807) is 17.5 Å². The van der Waals surface area contributed by atoms with Crippen LogP contribution in [0.25, 0.3) is 21.1 Å². The van der Waals surface area contributed by atoms with Crippen molar-refractivity contribution in [3.05, 3.63) is 64.5 Å². The van der Waals surface area contributed by atoms with Crippen LogP contribution in [0, 0.1) is 6.92 Å². The molecule has 0 unspecified atom stereocenters. The molecule has 0 saturated heterocycles. The monoisotopic (exact) mass is 366 g/mol. The number of nitrogens with one attached hydrogen (secondary N) is 2. The Hall–Kier alpha value is -2.77. The van der Waals surface area contributed by atoms with E-state index in [4.69, 9.17) is 0 Å². The zero-order valence-electron chi connectivity index (χ0n) is 13.3. The smallest absolute Gasteiger partial charge is 0.268 e. The van der Waals surface area contributed by atoms with E-state index >= 15 is 0 Å². The first-order valence-electron chi connectivity index (χ1n) is 7.64. The summed E-state index contributed by atoms with van der Waals surface area (Å²) < 4.78 is 0. The van der Waals surface area contributed by atoms with Gasteiger partial charge in [0, 0.05) is 16.5 Å². The number of hydrogen-bond donors (Lipinski definition) is 2. The largest absolute Gasteiger partial charge is 0.304 e. The summed E-state index contributed by atoms with van der Waals surface area (Å²) in [6, 6.07) is 15.7. The van der Waals surface area contributed by atoms with Crippen LogP contribution in [-0.4, -0.2) is 21.1 Å². The predicted molar refractivity (Wildman–Crippen MR) is 102 cm³/mol. The fourth-order valence-electron chi connectivity index (χ4n) is 2.36. The third-order valence-electron chi connectivity index (χ3n) is 3.58. The lowest BCUT2D eigenvalue weighted by Gasteiger charge is -1.97. The highest BCUT2D eigenvalue weighted by Crippen LogP contribution is 2.28. The highest BCUT2D eigenvalue weighted by molar-refractivity contribution is 7.17. The Morgan fingerprint density at radius 1 is 1.12 bits per heavy atom. The summed E-state index contributed by atoms with van der Waals surface area (Å²) >= 11 is 3.04. The van der Waals surface area contributed by atoms with E-state index in [9.17, 15) is 4.79 Å². The zero-order chi connectivity index (χ0) is 17.2. The number of hydrogen-bond acceptors (Lipinski definition) is 5. The van der Waals surface area contributed by atoms with Crippen molar-refractivity contribution >= 4 is 34.4 Å². The van der Waals surface area contributed by atoms with Crippen molar-refractivity contribution in [1.82, 2.24) is 15.2 Å². The van der Waals surface area contributed by atoms with Gasteiger partial charge in [0.05, 0.1) is 16.8 Å². The van der Waals surface area contributed by atoms with Crippen LogP contribution in [0.1, 0.15) is 14.5 Å². The molecular weight excluding hydrogens is 352 g/mol. The Morgan fingerprint density at radius 2 is 1.96 bits per heavy atom. The summed E-state index contributed by atoms with van der Waals surface area (Å²) in [5.74, 6) is 0.292. The minimum absolute atomic E-state index is 0.208. The van der Waals surface area contributed by atoms with Crippen molar-refractivity contribution in [3.8, 4) is 21.1 Å². The maximum absolute atomic E-state index is 12.4. The van der Waals surface area contributed by atoms with Gasteiger partial charge in [0.25, 0.3) is 5.91 Å². The van der Waals surface area contributed by atoms with Crippen LogP contribution in [0.5, 0.6) is 0 Å². The summed E-state index contributed by atoms with van der Waals surface area (Å²) in [7, 11) is 0. The average Bonchev–Trinajstić information content (AvgIpc) is 3.35. The molecule has 1 amide bonds. The SMILES string of the molecule is Cc1ccc(-c2cc(NC(=O)c3cnc(-c4ccccc4)s3)n[nH]2)s1. The van der Waals surface area contributed by atoms with Gasteiger partial charge in [-0.1, -0.05) is 30.3 Å². The van der Waals surface area contributed by atoms with Gasteiger partial charge < -0.3 is 5.32 Å². The van der Waals surface area contributed by atoms with Crippen LogP contribution < -0.4 is 5.32 Å². The Balaban J connectivity index is 1.49. The molecule has 0 aliphatic rings. The van der Waals surface area contributed by atoms with Crippen LogP contribution in [0.3, 0.4) is 0 Å². The highest BCUT2D eigenvalue weighted by atomic mass is 32.1. The van der Waals surface area contributed by atoms with E-state index in [0.717, 1.165) is 21.1 Å². The van der Waals surface area contributed by atoms with Crippen LogP contribution in [0.4, 0.5) is 5.82 Å². The quantitative estimate of drug-likeness (QED) is 0.544. The summed E-state index contributed by atoms with van der Waals surface area (Å²) in [6.45, 7) is 2.06. The molecule has 25 heavy (non-hydrogen) atoms. The first-order chi connectivity index (χ1) is 12.2. The van der Waals surface area contributed by atoms with Crippen LogP contribution in [-0.2, 0) is 0 Å². The van der Waals surface area contributed by atoms with Gasteiger partial charge >= 0.3 is 0 Å². The molecule has 0 aliphatic heterocycles. The molecule has 4 rings (SSSR count). The maximum atomic E-state index is 12.4. The Bertz CT molecular complexity index is 1020.